The molecular weight excluding hydrogens is 264 g/mol. The smallest absolute Gasteiger partial charge is 0.239 e. The molecule has 0 bridgehead atoms. The van der Waals surface area contributed by atoms with Gasteiger partial charge in [0.25, 0.3) is 0 Å². The fourth-order valence-electron chi connectivity index (χ4n) is 2.31. The molecule has 1 aliphatic rings. The maximum atomic E-state index is 12.0. The summed E-state index contributed by atoms with van der Waals surface area (Å²) < 4.78 is 24.0. The van der Waals surface area contributed by atoms with E-state index in [0.29, 0.717) is 24.2 Å². The van der Waals surface area contributed by atoms with Crippen LogP contribution in [0.15, 0.2) is 24.3 Å². The lowest BCUT2D eigenvalue weighted by Gasteiger charge is -2.11. The Bertz CT molecular complexity index is 546. The standard InChI is InChI=1S/C13H18N2O3S/c14-10-5-7-11(8-6-10)15-13(16)9-19(17,18)12-3-1-2-4-12/h5-8,12H,1-4,9,14H2,(H,15,16). The van der Waals surface area contributed by atoms with Gasteiger partial charge in [-0.25, -0.2) is 8.42 Å². The third-order valence-electron chi connectivity index (χ3n) is 3.34. The lowest BCUT2D eigenvalue weighted by Crippen LogP contribution is -2.29. The third-order valence-corrected chi connectivity index (χ3v) is 5.49. The number of hydrogen-bond acceptors (Lipinski definition) is 4. The quantitative estimate of drug-likeness (QED) is 0.820. The molecule has 1 aromatic rings. The number of hydrogen-bond donors (Lipinski definition) is 2. The second kappa shape index (κ2) is 5.61. The van der Waals surface area contributed by atoms with Gasteiger partial charge in [0.05, 0.1) is 5.25 Å². The van der Waals surface area contributed by atoms with Crippen LogP contribution in [0, 0.1) is 0 Å². The van der Waals surface area contributed by atoms with Gasteiger partial charge >= 0.3 is 0 Å². The molecule has 104 valence electrons. The van der Waals surface area contributed by atoms with Gasteiger partial charge in [0, 0.05) is 11.4 Å². The van der Waals surface area contributed by atoms with Crippen LogP contribution in [0.25, 0.3) is 0 Å². The van der Waals surface area contributed by atoms with Crippen LogP contribution in [0.1, 0.15) is 25.7 Å². The minimum atomic E-state index is -3.32. The molecule has 19 heavy (non-hydrogen) atoms. The first-order chi connectivity index (χ1) is 8.97. The molecule has 1 fully saturated rings. The van der Waals surface area contributed by atoms with Crippen LogP contribution >= 0.6 is 0 Å². The van der Waals surface area contributed by atoms with Crippen molar-refractivity contribution in [3.8, 4) is 0 Å². The topological polar surface area (TPSA) is 89.3 Å². The number of nitrogens with two attached hydrogens (primary N) is 1. The third kappa shape index (κ3) is 3.70. The van der Waals surface area contributed by atoms with Gasteiger partial charge in [0.1, 0.15) is 5.75 Å². The Morgan fingerprint density at radius 3 is 2.37 bits per heavy atom. The highest BCUT2D eigenvalue weighted by molar-refractivity contribution is 7.92. The summed E-state index contributed by atoms with van der Waals surface area (Å²) in [4.78, 5) is 11.7. The summed E-state index contributed by atoms with van der Waals surface area (Å²) in [7, 11) is -3.32. The van der Waals surface area contributed by atoms with E-state index < -0.39 is 21.5 Å². The van der Waals surface area contributed by atoms with Crippen LogP contribution in [-0.4, -0.2) is 25.3 Å². The van der Waals surface area contributed by atoms with Crippen molar-refractivity contribution in [2.75, 3.05) is 16.8 Å². The first kappa shape index (κ1) is 13.9. The number of nitrogens with one attached hydrogen (secondary N) is 1. The molecule has 0 saturated heterocycles. The zero-order valence-electron chi connectivity index (χ0n) is 10.6. The number of amides is 1. The summed E-state index contributed by atoms with van der Waals surface area (Å²) >= 11 is 0. The molecule has 0 aromatic heterocycles. The van der Waals surface area contributed by atoms with Crippen LogP contribution in [0.3, 0.4) is 0 Å². The summed E-state index contributed by atoms with van der Waals surface area (Å²) in [5.41, 5.74) is 6.68. The maximum absolute atomic E-state index is 12.0. The number of nitrogen functional groups attached to an aromatic ring is 1. The molecule has 2 rings (SSSR count). The molecule has 0 atom stereocenters. The zero-order chi connectivity index (χ0) is 13.9. The zero-order valence-corrected chi connectivity index (χ0v) is 11.4. The van der Waals surface area contributed by atoms with E-state index in [-0.39, 0.29) is 5.25 Å². The molecule has 0 heterocycles. The average Bonchev–Trinajstić information content (AvgIpc) is 2.85. The average molecular weight is 282 g/mol. The highest BCUT2D eigenvalue weighted by Crippen LogP contribution is 2.25. The molecule has 1 amide bonds. The number of sulfone groups is 1. The van der Waals surface area contributed by atoms with Crippen molar-refractivity contribution in [2.24, 2.45) is 0 Å². The summed E-state index contributed by atoms with van der Waals surface area (Å²) in [5.74, 6) is -0.932. The molecule has 0 unspecified atom stereocenters. The Balaban J connectivity index is 1.95. The van der Waals surface area contributed by atoms with E-state index in [1.165, 1.54) is 0 Å². The molecule has 5 nitrogen and oxygen atoms in total. The Morgan fingerprint density at radius 2 is 1.79 bits per heavy atom. The summed E-state index contributed by atoms with van der Waals surface area (Å²) in [6.45, 7) is 0. The predicted octanol–water partition coefficient (Wildman–Crippen LogP) is 1.56. The minimum absolute atomic E-state index is 0.343. The normalized spacial score (nSPS) is 16.4. The fraction of sp³-hybridized carbons (Fsp3) is 0.462. The van der Waals surface area contributed by atoms with Gasteiger partial charge in [-0.05, 0) is 37.1 Å². The van der Waals surface area contributed by atoms with Crippen molar-refractivity contribution in [3.63, 3.8) is 0 Å². The van der Waals surface area contributed by atoms with Crippen LogP contribution in [0.5, 0.6) is 0 Å². The number of carbonyl (C=O) groups is 1. The van der Waals surface area contributed by atoms with E-state index in [1.807, 2.05) is 0 Å². The molecular formula is C13H18N2O3S. The predicted molar refractivity (Wildman–Crippen MR) is 75.5 cm³/mol. The van der Waals surface area contributed by atoms with Crippen LogP contribution in [0.4, 0.5) is 11.4 Å². The first-order valence-corrected chi connectivity index (χ1v) is 8.06. The summed E-state index contributed by atoms with van der Waals surface area (Å²) in [6, 6.07) is 6.60. The largest absolute Gasteiger partial charge is 0.399 e. The number of rotatable bonds is 4. The van der Waals surface area contributed by atoms with E-state index >= 15 is 0 Å². The van der Waals surface area contributed by atoms with Crippen molar-refractivity contribution < 1.29 is 13.2 Å². The van der Waals surface area contributed by atoms with E-state index in [1.54, 1.807) is 24.3 Å². The SMILES string of the molecule is Nc1ccc(NC(=O)CS(=O)(=O)C2CCCC2)cc1. The van der Waals surface area contributed by atoms with Crippen molar-refractivity contribution in [2.45, 2.75) is 30.9 Å². The molecule has 0 aliphatic heterocycles. The van der Waals surface area contributed by atoms with E-state index in [9.17, 15) is 13.2 Å². The van der Waals surface area contributed by atoms with Gasteiger partial charge in [-0.15, -0.1) is 0 Å². The Labute approximate surface area is 113 Å². The highest BCUT2D eigenvalue weighted by atomic mass is 32.2. The lowest BCUT2D eigenvalue weighted by atomic mass is 10.3. The number of carbonyl (C=O) groups excluding carboxylic acids is 1. The second-order valence-electron chi connectivity index (χ2n) is 4.88. The Kier molecular flexibility index (Phi) is 4.09. The minimum Gasteiger partial charge on any atom is -0.399 e. The van der Waals surface area contributed by atoms with Gasteiger partial charge in [-0.3, -0.25) is 4.79 Å². The van der Waals surface area contributed by atoms with E-state index in [0.717, 1.165) is 12.8 Å². The van der Waals surface area contributed by atoms with Crippen molar-refractivity contribution in [3.05, 3.63) is 24.3 Å². The monoisotopic (exact) mass is 282 g/mol. The molecule has 1 aliphatic carbocycles. The molecule has 3 N–H and O–H groups in total. The summed E-state index contributed by atoms with van der Waals surface area (Å²) in [5, 5.41) is 2.23. The van der Waals surface area contributed by atoms with Gasteiger partial charge in [-0.2, -0.15) is 0 Å². The summed E-state index contributed by atoms with van der Waals surface area (Å²) in [6.07, 6.45) is 3.22. The first-order valence-electron chi connectivity index (χ1n) is 6.34. The van der Waals surface area contributed by atoms with Crippen molar-refractivity contribution in [1.82, 2.24) is 0 Å². The van der Waals surface area contributed by atoms with Gasteiger partial charge in [0.2, 0.25) is 5.91 Å². The highest BCUT2D eigenvalue weighted by Gasteiger charge is 2.30. The van der Waals surface area contributed by atoms with E-state index in [2.05, 4.69) is 5.32 Å². The Hall–Kier alpha value is -1.56. The lowest BCUT2D eigenvalue weighted by molar-refractivity contribution is -0.113. The van der Waals surface area contributed by atoms with E-state index in [4.69, 9.17) is 5.73 Å². The second-order valence-corrected chi connectivity index (χ2v) is 7.16. The number of anilines is 2. The van der Waals surface area contributed by atoms with Crippen LogP contribution in [-0.2, 0) is 14.6 Å². The molecule has 0 radical (unpaired) electrons. The molecule has 1 aromatic carbocycles. The Morgan fingerprint density at radius 1 is 1.21 bits per heavy atom. The van der Waals surface area contributed by atoms with Crippen LogP contribution in [0.2, 0.25) is 0 Å². The van der Waals surface area contributed by atoms with Crippen LogP contribution < -0.4 is 11.1 Å². The van der Waals surface area contributed by atoms with Gasteiger partial charge < -0.3 is 11.1 Å². The molecule has 1 saturated carbocycles. The van der Waals surface area contributed by atoms with Gasteiger partial charge in [-0.1, -0.05) is 12.8 Å². The number of benzene rings is 1. The molecule has 0 spiro atoms. The van der Waals surface area contributed by atoms with Crippen molar-refractivity contribution >= 4 is 27.1 Å². The maximum Gasteiger partial charge on any atom is 0.239 e. The van der Waals surface area contributed by atoms with Crippen molar-refractivity contribution in [1.29, 1.82) is 0 Å². The van der Waals surface area contributed by atoms with Gasteiger partial charge in [0.15, 0.2) is 9.84 Å². The molecule has 6 heteroatoms. The fourth-order valence-corrected chi connectivity index (χ4v) is 4.04.